The molecule has 1 amide bonds. The molecule has 1 aromatic heterocycles. The standard InChI is InChI=1S/C19H26N4O4S2/c24-19(20-12-15-3-2-10-27-15)14-8-6-13(7-9-14)11-21-29(25,26)17-5-1-4-16-18(17)23-28-22-16/h1,4-5,13-15,21H,2-3,6-12H2,(H,20,24)/t13?,14?,15-/m0/s1. The van der Waals surface area contributed by atoms with E-state index in [0.29, 0.717) is 24.1 Å². The maximum absolute atomic E-state index is 12.7. The van der Waals surface area contributed by atoms with Crippen LogP contribution in [0.4, 0.5) is 0 Å². The predicted molar refractivity (Wildman–Crippen MR) is 110 cm³/mol. The summed E-state index contributed by atoms with van der Waals surface area (Å²) in [6.07, 6.45) is 5.48. The van der Waals surface area contributed by atoms with Crippen molar-refractivity contribution in [1.29, 1.82) is 0 Å². The summed E-state index contributed by atoms with van der Waals surface area (Å²) in [5, 5.41) is 3.01. The first-order valence-corrected chi connectivity index (χ1v) is 12.3. The van der Waals surface area contributed by atoms with Gasteiger partial charge in [-0.15, -0.1) is 0 Å². The number of hydrogen-bond donors (Lipinski definition) is 2. The third-order valence-electron chi connectivity index (χ3n) is 5.85. The van der Waals surface area contributed by atoms with Crippen LogP contribution >= 0.6 is 11.7 Å². The Morgan fingerprint density at radius 3 is 2.72 bits per heavy atom. The molecule has 2 aromatic rings. The number of carbonyl (C=O) groups excluding carboxylic acids is 1. The maximum atomic E-state index is 12.7. The molecule has 2 fully saturated rings. The summed E-state index contributed by atoms with van der Waals surface area (Å²) >= 11 is 1.01. The van der Waals surface area contributed by atoms with Crippen LogP contribution in [0.3, 0.4) is 0 Å². The Balaban J connectivity index is 1.25. The molecule has 2 N–H and O–H groups in total. The normalized spacial score (nSPS) is 25.3. The number of carbonyl (C=O) groups is 1. The maximum Gasteiger partial charge on any atom is 0.242 e. The van der Waals surface area contributed by atoms with E-state index in [9.17, 15) is 13.2 Å². The zero-order valence-electron chi connectivity index (χ0n) is 16.2. The van der Waals surface area contributed by atoms with Crippen LogP contribution < -0.4 is 10.0 Å². The van der Waals surface area contributed by atoms with Gasteiger partial charge < -0.3 is 10.1 Å². The van der Waals surface area contributed by atoms with Gasteiger partial charge in [-0.2, -0.15) is 8.75 Å². The minimum atomic E-state index is -3.64. The van der Waals surface area contributed by atoms with Gasteiger partial charge in [-0.3, -0.25) is 4.79 Å². The van der Waals surface area contributed by atoms with Crippen molar-refractivity contribution in [3.05, 3.63) is 18.2 Å². The molecule has 2 aliphatic rings. The van der Waals surface area contributed by atoms with Crippen LogP contribution in [0.1, 0.15) is 38.5 Å². The van der Waals surface area contributed by atoms with E-state index in [1.807, 2.05) is 0 Å². The molecule has 0 bridgehead atoms. The molecule has 1 aromatic carbocycles. The molecule has 0 spiro atoms. The van der Waals surface area contributed by atoms with E-state index in [1.165, 1.54) is 0 Å². The number of rotatable bonds is 7. The molecule has 2 heterocycles. The van der Waals surface area contributed by atoms with Gasteiger partial charge in [0.15, 0.2) is 0 Å². The molecule has 1 aliphatic heterocycles. The van der Waals surface area contributed by atoms with Crippen LogP contribution in [0.5, 0.6) is 0 Å². The summed E-state index contributed by atoms with van der Waals surface area (Å²) in [7, 11) is -3.64. The number of nitrogens with zero attached hydrogens (tertiary/aromatic N) is 2. The molecule has 1 saturated heterocycles. The summed E-state index contributed by atoms with van der Waals surface area (Å²) in [6, 6.07) is 4.99. The van der Waals surface area contributed by atoms with Gasteiger partial charge in [0.25, 0.3) is 0 Å². The van der Waals surface area contributed by atoms with Crippen molar-refractivity contribution < 1.29 is 17.9 Å². The van der Waals surface area contributed by atoms with E-state index >= 15 is 0 Å². The molecule has 158 valence electrons. The van der Waals surface area contributed by atoms with Crippen molar-refractivity contribution in [3.63, 3.8) is 0 Å². The molecule has 1 aliphatic carbocycles. The Kier molecular flexibility index (Phi) is 6.43. The topological polar surface area (TPSA) is 110 Å². The predicted octanol–water partition coefficient (Wildman–Crippen LogP) is 2.07. The van der Waals surface area contributed by atoms with Gasteiger partial charge in [-0.05, 0) is 56.6 Å². The third-order valence-corrected chi connectivity index (χ3v) is 7.84. The second kappa shape index (κ2) is 9.03. The highest BCUT2D eigenvalue weighted by Gasteiger charge is 2.28. The van der Waals surface area contributed by atoms with Crippen molar-refractivity contribution in [2.45, 2.75) is 49.5 Å². The molecule has 1 atom stereocenters. The number of hydrogen-bond acceptors (Lipinski definition) is 7. The first-order chi connectivity index (χ1) is 14.0. The Morgan fingerprint density at radius 2 is 1.97 bits per heavy atom. The second-order valence-electron chi connectivity index (χ2n) is 7.84. The molecule has 0 unspecified atom stereocenters. The molecular formula is C19H26N4O4S2. The lowest BCUT2D eigenvalue weighted by Crippen LogP contribution is -2.38. The number of benzene rings is 1. The highest BCUT2D eigenvalue weighted by Crippen LogP contribution is 2.29. The summed E-state index contributed by atoms with van der Waals surface area (Å²) in [4.78, 5) is 12.5. The average molecular weight is 439 g/mol. The summed E-state index contributed by atoms with van der Waals surface area (Å²) in [5.41, 5.74) is 1.00. The van der Waals surface area contributed by atoms with E-state index in [2.05, 4.69) is 18.8 Å². The molecule has 8 nitrogen and oxygen atoms in total. The summed E-state index contributed by atoms with van der Waals surface area (Å²) in [5.74, 6) is 0.348. The van der Waals surface area contributed by atoms with Crippen molar-refractivity contribution in [3.8, 4) is 0 Å². The van der Waals surface area contributed by atoms with Gasteiger partial charge in [-0.25, -0.2) is 13.1 Å². The van der Waals surface area contributed by atoms with Gasteiger partial charge >= 0.3 is 0 Å². The molecular weight excluding hydrogens is 412 g/mol. The lowest BCUT2D eigenvalue weighted by atomic mass is 9.81. The highest BCUT2D eigenvalue weighted by molar-refractivity contribution is 7.89. The highest BCUT2D eigenvalue weighted by atomic mass is 32.2. The van der Waals surface area contributed by atoms with Crippen LogP contribution in [-0.4, -0.2) is 48.9 Å². The van der Waals surface area contributed by atoms with E-state index in [1.54, 1.807) is 18.2 Å². The van der Waals surface area contributed by atoms with Gasteiger partial charge in [0, 0.05) is 25.6 Å². The molecule has 0 radical (unpaired) electrons. The van der Waals surface area contributed by atoms with Crippen molar-refractivity contribution in [1.82, 2.24) is 18.8 Å². The quantitative estimate of drug-likeness (QED) is 0.685. The van der Waals surface area contributed by atoms with Crippen LogP contribution in [0, 0.1) is 11.8 Å². The Labute approximate surface area is 174 Å². The van der Waals surface area contributed by atoms with Crippen LogP contribution in [0.2, 0.25) is 0 Å². The van der Waals surface area contributed by atoms with Gasteiger partial charge in [0.2, 0.25) is 15.9 Å². The summed E-state index contributed by atoms with van der Waals surface area (Å²) in [6.45, 7) is 1.76. The first kappa shape index (κ1) is 20.6. The Morgan fingerprint density at radius 1 is 1.14 bits per heavy atom. The lowest BCUT2D eigenvalue weighted by molar-refractivity contribution is -0.126. The molecule has 10 heteroatoms. The Hall–Kier alpha value is -1.62. The number of amides is 1. The third kappa shape index (κ3) is 4.93. The van der Waals surface area contributed by atoms with Gasteiger partial charge in [0.1, 0.15) is 15.9 Å². The lowest BCUT2D eigenvalue weighted by Gasteiger charge is -2.28. The molecule has 29 heavy (non-hydrogen) atoms. The minimum Gasteiger partial charge on any atom is -0.376 e. The van der Waals surface area contributed by atoms with Crippen LogP contribution in [0.25, 0.3) is 11.0 Å². The Bertz CT molecular complexity index is 948. The monoisotopic (exact) mass is 438 g/mol. The van der Waals surface area contributed by atoms with E-state index in [4.69, 9.17) is 4.74 Å². The molecule has 1 saturated carbocycles. The smallest absolute Gasteiger partial charge is 0.242 e. The summed E-state index contributed by atoms with van der Waals surface area (Å²) < 4.78 is 41.9. The van der Waals surface area contributed by atoms with Crippen molar-refractivity contribution in [2.24, 2.45) is 11.8 Å². The SMILES string of the molecule is O=C(NC[C@@H]1CCCO1)C1CCC(CNS(=O)(=O)c2cccc3nsnc23)CC1. The zero-order chi connectivity index (χ0) is 20.3. The van der Waals surface area contributed by atoms with E-state index in [0.717, 1.165) is 56.9 Å². The fourth-order valence-corrected chi connectivity index (χ4v) is 5.98. The number of aromatic nitrogens is 2. The van der Waals surface area contributed by atoms with Crippen molar-refractivity contribution in [2.75, 3.05) is 19.7 Å². The second-order valence-corrected chi connectivity index (χ2v) is 10.1. The van der Waals surface area contributed by atoms with Crippen LogP contribution in [0.15, 0.2) is 23.1 Å². The number of nitrogens with one attached hydrogen (secondary N) is 2. The number of sulfonamides is 1. The fourth-order valence-electron chi connectivity index (χ4n) is 4.10. The fraction of sp³-hybridized carbons (Fsp3) is 0.632. The van der Waals surface area contributed by atoms with Gasteiger partial charge in [0.05, 0.1) is 17.8 Å². The number of ether oxygens (including phenoxy) is 1. The van der Waals surface area contributed by atoms with E-state index in [-0.39, 0.29) is 28.7 Å². The largest absolute Gasteiger partial charge is 0.376 e. The van der Waals surface area contributed by atoms with E-state index < -0.39 is 10.0 Å². The van der Waals surface area contributed by atoms with Crippen LogP contribution in [-0.2, 0) is 19.6 Å². The molecule has 4 rings (SSSR count). The zero-order valence-corrected chi connectivity index (χ0v) is 17.8. The van der Waals surface area contributed by atoms with Gasteiger partial charge in [-0.1, -0.05) is 6.07 Å². The minimum absolute atomic E-state index is 0.0130. The van der Waals surface area contributed by atoms with Crippen molar-refractivity contribution >= 4 is 38.7 Å². The first-order valence-electron chi connectivity index (χ1n) is 10.1. The number of fused-ring (bicyclic) bond motifs is 1. The average Bonchev–Trinajstić information content (AvgIpc) is 3.42.